The molecule has 1 aliphatic rings. The monoisotopic (exact) mass is 317 g/mol. The van der Waals surface area contributed by atoms with E-state index in [4.69, 9.17) is 8.94 Å². The van der Waals surface area contributed by atoms with Crippen molar-refractivity contribution in [3.8, 4) is 0 Å². The van der Waals surface area contributed by atoms with Crippen LogP contribution in [0.4, 0.5) is 0 Å². The Morgan fingerprint density at radius 3 is 2.65 bits per heavy atom. The van der Waals surface area contributed by atoms with Gasteiger partial charge in [-0.2, -0.15) is 0 Å². The maximum atomic E-state index is 12.3. The predicted molar refractivity (Wildman–Crippen MR) is 84.9 cm³/mol. The Balaban J connectivity index is 1.45. The number of hydrogen-bond acceptors (Lipinski definition) is 5. The highest BCUT2D eigenvalue weighted by Gasteiger charge is 2.22. The molecule has 0 spiro atoms. The van der Waals surface area contributed by atoms with E-state index in [-0.39, 0.29) is 5.91 Å². The number of furan rings is 1. The highest BCUT2D eigenvalue weighted by molar-refractivity contribution is 5.76. The third-order valence-electron chi connectivity index (χ3n) is 4.45. The summed E-state index contributed by atoms with van der Waals surface area (Å²) in [4.78, 5) is 16.6. The Morgan fingerprint density at radius 2 is 2.04 bits per heavy atom. The smallest absolute Gasteiger partial charge is 0.223 e. The topological polar surface area (TPSA) is 62.7 Å². The maximum absolute atomic E-state index is 12.3. The molecule has 6 heteroatoms. The van der Waals surface area contributed by atoms with Crippen LogP contribution in [0.1, 0.15) is 29.2 Å². The molecular formula is C17H23N3O3. The Bertz CT molecular complexity index is 621. The van der Waals surface area contributed by atoms with Gasteiger partial charge in [0.15, 0.2) is 0 Å². The molecule has 1 saturated heterocycles. The van der Waals surface area contributed by atoms with Crippen molar-refractivity contribution in [3.05, 3.63) is 41.2 Å². The second-order valence-electron chi connectivity index (χ2n) is 6.04. The lowest BCUT2D eigenvalue weighted by molar-refractivity contribution is -0.133. The molecule has 0 saturated carbocycles. The highest BCUT2D eigenvalue weighted by atomic mass is 16.5. The summed E-state index contributed by atoms with van der Waals surface area (Å²) in [5.74, 6) is 1.97. The first kappa shape index (κ1) is 15.8. The van der Waals surface area contributed by atoms with Crippen molar-refractivity contribution in [2.24, 2.45) is 0 Å². The molecule has 0 aromatic carbocycles. The Labute approximate surface area is 136 Å². The summed E-state index contributed by atoms with van der Waals surface area (Å²) in [5, 5.41) is 4.00. The van der Waals surface area contributed by atoms with E-state index < -0.39 is 0 Å². The number of nitrogens with zero attached hydrogens (tertiary/aromatic N) is 3. The number of rotatable bonds is 5. The first-order chi connectivity index (χ1) is 11.1. The number of piperazine rings is 1. The molecule has 6 nitrogen and oxygen atoms in total. The van der Waals surface area contributed by atoms with E-state index in [9.17, 15) is 4.79 Å². The van der Waals surface area contributed by atoms with Gasteiger partial charge in [0.2, 0.25) is 5.91 Å². The number of amides is 1. The molecule has 23 heavy (non-hydrogen) atoms. The first-order valence-electron chi connectivity index (χ1n) is 8.08. The predicted octanol–water partition coefficient (Wildman–Crippen LogP) is 2.16. The average molecular weight is 317 g/mol. The van der Waals surface area contributed by atoms with Gasteiger partial charge in [0.1, 0.15) is 11.5 Å². The minimum Gasteiger partial charge on any atom is -0.469 e. The second-order valence-corrected chi connectivity index (χ2v) is 6.04. The van der Waals surface area contributed by atoms with Crippen LogP contribution in [-0.2, 0) is 17.8 Å². The van der Waals surface area contributed by atoms with Crippen molar-refractivity contribution in [3.63, 3.8) is 0 Å². The van der Waals surface area contributed by atoms with Crippen molar-refractivity contribution in [1.82, 2.24) is 15.0 Å². The highest BCUT2D eigenvalue weighted by Crippen LogP contribution is 2.16. The van der Waals surface area contributed by atoms with Gasteiger partial charge >= 0.3 is 0 Å². The zero-order valence-electron chi connectivity index (χ0n) is 13.7. The van der Waals surface area contributed by atoms with E-state index in [1.807, 2.05) is 30.9 Å². The van der Waals surface area contributed by atoms with Crippen molar-refractivity contribution in [2.75, 3.05) is 26.2 Å². The molecule has 0 bridgehead atoms. The van der Waals surface area contributed by atoms with Crippen LogP contribution >= 0.6 is 0 Å². The molecule has 1 amide bonds. The zero-order chi connectivity index (χ0) is 16.2. The fraction of sp³-hybridized carbons (Fsp3) is 0.529. The fourth-order valence-electron chi connectivity index (χ4n) is 2.95. The van der Waals surface area contributed by atoms with E-state index in [0.717, 1.165) is 49.9 Å². The molecule has 1 aliphatic heterocycles. The number of aryl methyl sites for hydroxylation is 3. The molecule has 3 rings (SSSR count). The summed E-state index contributed by atoms with van der Waals surface area (Å²) >= 11 is 0. The van der Waals surface area contributed by atoms with Gasteiger partial charge in [0.25, 0.3) is 0 Å². The van der Waals surface area contributed by atoms with Gasteiger partial charge in [-0.3, -0.25) is 9.69 Å². The van der Waals surface area contributed by atoms with Crippen molar-refractivity contribution >= 4 is 5.91 Å². The number of carbonyl (C=O) groups is 1. The molecule has 2 aromatic rings. The Hall–Kier alpha value is -2.08. The summed E-state index contributed by atoms with van der Waals surface area (Å²) in [7, 11) is 0. The van der Waals surface area contributed by atoms with Crippen LogP contribution in [0.25, 0.3) is 0 Å². The van der Waals surface area contributed by atoms with Crippen LogP contribution in [0.5, 0.6) is 0 Å². The molecular weight excluding hydrogens is 294 g/mol. The van der Waals surface area contributed by atoms with Gasteiger partial charge in [0, 0.05) is 51.1 Å². The van der Waals surface area contributed by atoms with Crippen LogP contribution in [0, 0.1) is 13.8 Å². The third kappa shape index (κ3) is 3.82. The average Bonchev–Trinajstić information content (AvgIpc) is 3.18. The SMILES string of the molecule is Cc1noc(C)c1CN1CCN(C(=O)CCc2ccco2)CC1. The standard InChI is InChI=1S/C17H23N3O3/c1-13-16(14(2)23-18-13)12-19-7-9-20(10-8-19)17(21)6-5-15-4-3-11-22-15/h3-4,11H,5-10,12H2,1-2H3. The Kier molecular flexibility index (Phi) is 4.81. The van der Waals surface area contributed by atoms with Crippen molar-refractivity contribution in [1.29, 1.82) is 0 Å². The van der Waals surface area contributed by atoms with E-state index in [1.54, 1.807) is 6.26 Å². The van der Waals surface area contributed by atoms with Gasteiger partial charge < -0.3 is 13.8 Å². The quantitative estimate of drug-likeness (QED) is 0.845. The molecule has 2 aromatic heterocycles. The van der Waals surface area contributed by atoms with E-state index in [2.05, 4.69) is 10.1 Å². The molecule has 0 radical (unpaired) electrons. The van der Waals surface area contributed by atoms with Crippen molar-refractivity contribution in [2.45, 2.75) is 33.2 Å². The number of hydrogen-bond donors (Lipinski definition) is 0. The zero-order valence-corrected chi connectivity index (χ0v) is 13.7. The normalized spacial score (nSPS) is 16.0. The minimum absolute atomic E-state index is 0.207. The summed E-state index contributed by atoms with van der Waals surface area (Å²) in [5.41, 5.74) is 2.13. The Morgan fingerprint density at radius 1 is 1.26 bits per heavy atom. The molecule has 0 aliphatic carbocycles. The van der Waals surface area contributed by atoms with Crippen LogP contribution in [0.3, 0.4) is 0 Å². The van der Waals surface area contributed by atoms with Crippen molar-refractivity contribution < 1.29 is 13.7 Å². The lowest BCUT2D eigenvalue weighted by atomic mass is 10.1. The molecule has 124 valence electrons. The summed E-state index contributed by atoms with van der Waals surface area (Å²) in [6.45, 7) is 8.09. The largest absolute Gasteiger partial charge is 0.469 e. The van der Waals surface area contributed by atoms with E-state index in [0.29, 0.717) is 12.8 Å². The van der Waals surface area contributed by atoms with E-state index >= 15 is 0 Å². The van der Waals surface area contributed by atoms with Gasteiger partial charge in [-0.1, -0.05) is 5.16 Å². The molecule has 3 heterocycles. The van der Waals surface area contributed by atoms with E-state index in [1.165, 1.54) is 5.56 Å². The molecule has 0 N–H and O–H groups in total. The summed E-state index contributed by atoms with van der Waals surface area (Å²) < 4.78 is 10.5. The maximum Gasteiger partial charge on any atom is 0.223 e. The van der Waals surface area contributed by atoms with Crippen LogP contribution in [-0.4, -0.2) is 47.0 Å². The van der Waals surface area contributed by atoms with Gasteiger partial charge in [0.05, 0.1) is 12.0 Å². The molecule has 0 unspecified atom stereocenters. The van der Waals surface area contributed by atoms with Gasteiger partial charge in [-0.15, -0.1) is 0 Å². The van der Waals surface area contributed by atoms with Crippen LogP contribution in [0.15, 0.2) is 27.3 Å². The van der Waals surface area contributed by atoms with Crippen LogP contribution in [0.2, 0.25) is 0 Å². The molecule has 1 fully saturated rings. The number of carbonyl (C=O) groups excluding carboxylic acids is 1. The lowest BCUT2D eigenvalue weighted by Crippen LogP contribution is -2.48. The third-order valence-corrected chi connectivity index (χ3v) is 4.45. The van der Waals surface area contributed by atoms with Crippen LogP contribution < -0.4 is 0 Å². The van der Waals surface area contributed by atoms with Gasteiger partial charge in [-0.05, 0) is 26.0 Å². The summed E-state index contributed by atoms with van der Waals surface area (Å²) in [6, 6.07) is 3.77. The summed E-state index contributed by atoms with van der Waals surface area (Å²) in [6.07, 6.45) is 2.83. The van der Waals surface area contributed by atoms with Gasteiger partial charge in [-0.25, -0.2) is 0 Å². The molecule has 0 atom stereocenters. The second kappa shape index (κ2) is 7.00. The minimum atomic E-state index is 0.207. The lowest BCUT2D eigenvalue weighted by Gasteiger charge is -2.34. The number of aromatic nitrogens is 1. The fourth-order valence-corrected chi connectivity index (χ4v) is 2.95. The first-order valence-corrected chi connectivity index (χ1v) is 8.08.